The Morgan fingerprint density at radius 1 is 0.375 bits per heavy atom. The fourth-order valence-corrected chi connectivity index (χ4v) is 10.2. The molecule has 7 heteroatoms. The maximum absolute atomic E-state index is 6.85. The number of furan rings is 2. The summed E-state index contributed by atoms with van der Waals surface area (Å²) in [5.41, 5.74) is 14.9. The van der Waals surface area contributed by atoms with Gasteiger partial charge in [-0.05, 0) is 81.6 Å². The van der Waals surface area contributed by atoms with Crippen molar-refractivity contribution in [2.24, 2.45) is 9.98 Å². The van der Waals surface area contributed by atoms with Gasteiger partial charge in [0.1, 0.15) is 34.3 Å². The average molecular weight is 924 g/mol. The highest BCUT2D eigenvalue weighted by Crippen LogP contribution is 2.40. The van der Waals surface area contributed by atoms with Crippen LogP contribution in [0.5, 0.6) is 0 Å². The zero-order chi connectivity index (χ0) is 47.5. The Bertz CT molecular complexity index is 4310. The normalized spacial score (nSPS) is 13.7. The highest BCUT2D eigenvalue weighted by Gasteiger charge is 2.25. The molecule has 72 heavy (non-hydrogen) atoms. The fourth-order valence-electron chi connectivity index (χ4n) is 10.2. The maximum Gasteiger partial charge on any atom is 0.163 e. The van der Waals surface area contributed by atoms with Crippen molar-refractivity contribution in [3.05, 3.63) is 253 Å². The molecule has 0 radical (unpaired) electrons. The van der Waals surface area contributed by atoms with Crippen molar-refractivity contribution in [1.29, 1.82) is 0 Å². The van der Waals surface area contributed by atoms with E-state index in [-0.39, 0.29) is 0 Å². The number of rotatable bonds is 8. The van der Waals surface area contributed by atoms with Gasteiger partial charge in [0, 0.05) is 49.4 Å². The molecule has 0 saturated carbocycles. The van der Waals surface area contributed by atoms with Gasteiger partial charge in [0.05, 0.1) is 17.0 Å². The molecule has 3 aromatic heterocycles. The molecular formula is C65H41N5O2. The van der Waals surface area contributed by atoms with Gasteiger partial charge in [0.15, 0.2) is 11.7 Å². The van der Waals surface area contributed by atoms with Gasteiger partial charge in [-0.3, -0.25) is 0 Å². The van der Waals surface area contributed by atoms with E-state index in [0.29, 0.717) is 11.7 Å². The predicted octanol–water partition coefficient (Wildman–Crippen LogP) is 16.3. The number of amidine groups is 2. The molecule has 1 aliphatic rings. The quantitative estimate of drug-likeness (QED) is 0.164. The van der Waals surface area contributed by atoms with E-state index in [9.17, 15) is 0 Å². The number of hydrogen-bond donors (Lipinski definition) is 1. The first-order valence-corrected chi connectivity index (χ1v) is 24.1. The van der Waals surface area contributed by atoms with Gasteiger partial charge in [-0.1, -0.05) is 188 Å². The van der Waals surface area contributed by atoms with Gasteiger partial charge in [-0.25, -0.2) is 20.0 Å². The highest BCUT2D eigenvalue weighted by molar-refractivity contribution is 6.21. The van der Waals surface area contributed by atoms with Crippen LogP contribution in [-0.2, 0) is 0 Å². The minimum Gasteiger partial charge on any atom is -0.456 e. The zero-order valence-corrected chi connectivity index (χ0v) is 38.7. The maximum atomic E-state index is 6.85. The molecule has 1 N–H and O–H groups in total. The number of nitrogens with zero attached hydrogens (tertiary/aromatic N) is 4. The van der Waals surface area contributed by atoms with Crippen LogP contribution in [0.2, 0.25) is 0 Å². The standard InChI is InChI=1S/C65H41N5O2/c1-4-16-40(17-5-1)50-28-14-29-51-52-30-15-31-53(61(52)72-60(50)51)65-69-63(43-21-8-3-9-22-43)68-64(70-65)48-26-13-24-45(37-48)44-23-12-25-46(36-44)55-39-56(67-62(66-55)42-19-6-2-7-20-42)47-33-34-57-54(38-47)59-49-27-11-10-18-41(49)32-35-58(59)71-57/h1-39,64H,(H,68,69,70). The number of aromatic nitrogens is 2. The molecule has 4 heterocycles. The lowest BCUT2D eigenvalue weighted by Gasteiger charge is -2.24. The molecule has 7 nitrogen and oxygen atoms in total. The van der Waals surface area contributed by atoms with Crippen LogP contribution in [0, 0.1) is 0 Å². The van der Waals surface area contributed by atoms with Crippen LogP contribution in [0.3, 0.4) is 0 Å². The summed E-state index contributed by atoms with van der Waals surface area (Å²) >= 11 is 0. The van der Waals surface area contributed by atoms with Gasteiger partial charge < -0.3 is 14.2 Å². The fraction of sp³-hybridized carbons (Fsp3) is 0.0154. The number of para-hydroxylation sites is 2. The van der Waals surface area contributed by atoms with E-state index in [2.05, 4.69) is 199 Å². The Labute approximate surface area is 414 Å². The third-order valence-corrected chi connectivity index (χ3v) is 13.7. The summed E-state index contributed by atoms with van der Waals surface area (Å²) in [7, 11) is 0. The van der Waals surface area contributed by atoms with Crippen LogP contribution in [0.4, 0.5) is 0 Å². The topological polar surface area (TPSA) is 88.8 Å². The van der Waals surface area contributed by atoms with E-state index in [1.807, 2.05) is 42.5 Å². The number of hydrogen-bond acceptors (Lipinski definition) is 7. The molecule has 1 unspecified atom stereocenters. The van der Waals surface area contributed by atoms with Crippen molar-refractivity contribution >= 4 is 66.3 Å². The van der Waals surface area contributed by atoms with Crippen molar-refractivity contribution in [3.8, 4) is 56.2 Å². The molecule has 1 atom stereocenters. The van der Waals surface area contributed by atoms with Gasteiger partial charge >= 0.3 is 0 Å². The van der Waals surface area contributed by atoms with Crippen molar-refractivity contribution in [2.45, 2.75) is 6.17 Å². The molecule has 14 rings (SSSR count). The third kappa shape index (κ3) is 7.22. The molecule has 0 saturated heterocycles. The van der Waals surface area contributed by atoms with Crippen molar-refractivity contribution in [3.63, 3.8) is 0 Å². The van der Waals surface area contributed by atoms with Crippen molar-refractivity contribution in [2.75, 3.05) is 0 Å². The van der Waals surface area contributed by atoms with Crippen LogP contribution >= 0.6 is 0 Å². The Hall–Kier alpha value is -9.72. The lowest BCUT2D eigenvalue weighted by molar-refractivity contribution is 0.664. The first kappa shape index (κ1) is 41.3. The largest absolute Gasteiger partial charge is 0.456 e. The van der Waals surface area contributed by atoms with Crippen molar-refractivity contribution in [1.82, 2.24) is 15.3 Å². The van der Waals surface area contributed by atoms with Crippen molar-refractivity contribution < 1.29 is 8.83 Å². The summed E-state index contributed by atoms with van der Waals surface area (Å²) in [5.74, 6) is 1.98. The van der Waals surface area contributed by atoms with E-state index in [0.717, 1.165) is 122 Å². The number of nitrogens with one attached hydrogen (secondary N) is 1. The molecule has 0 amide bonds. The molecule has 338 valence electrons. The first-order chi connectivity index (χ1) is 35.6. The monoisotopic (exact) mass is 923 g/mol. The summed E-state index contributed by atoms with van der Waals surface area (Å²) in [6, 6.07) is 81.6. The summed E-state index contributed by atoms with van der Waals surface area (Å²) in [4.78, 5) is 21.0. The molecule has 0 spiro atoms. The van der Waals surface area contributed by atoms with Gasteiger partial charge in [-0.15, -0.1) is 0 Å². The minimum atomic E-state index is -0.448. The van der Waals surface area contributed by atoms with Gasteiger partial charge in [0.2, 0.25) is 0 Å². The van der Waals surface area contributed by atoms with E-state index in [1.165, 1.54) is 5.39 Å². The Balaban J connectivity index is 0.855. The molecule has 1 aliphatic heterocycles. The number of aliphatic imine (C=N–C) groups is 2. The number of benzene rings is 10. The Morgan fingerprint density at radius 2 is 0.958 bits per heavy atom. The second-order valence-corrected chi connectivity index (χ2v) is 18.2. The van der Waals surface area contributed by atoms with E-state index in [1.54, 1.807) is 0 Å². The molecule has 0 bridgehead atoms. The van der Waals surface area contributed by atoms with E-state index >= 15 is 0 Å². The van der Waals surface area contributed by atoms with Gasteiger partial charge in [0.25, 0.3) is 0 Å². The Morgan fingerprint density at radius 3 is 1.74 bits per heavy atom. The van der Waals surface area contributed by atoms with E-state index < -0.39 is 6.17 Å². The van der Waals surface area contributed by atoms with Crippen LogP contribution in [0.1, 0.15) is 22.9 Å². The summed E-state index contributed by atoms with van der Waals surface area (Å²) < 4.78 is 13.2. The molecule has 10 aromatic carbocycles. The van der Waals surface area contributed by atoms with Crippen LogP contribution in [-0.4, -0.2) is 21.6 Å². The second kappa shape index (κ2) is 17.1. The third-order valence-electron chi connectivity index (χ3n) is 13.7. The lowest BCUT2D eigenvalue weighted by atomic mass is 9.98. The van der Waals surface area contributed by atoms with E-state index in [4.69, 9.17) is 28.8 Å². The minimum absolute atomic E-state index is 0.448. The second-order valence-electron chi connectivity index (χ2n) is 18.2. The SMILES string of the molecule is c1ccc(C2=NC(c3cccc4c3oc3c(-c5ccccc5)cccc34)=NC(c3cccc(-c4cccc(-c5cc(-c6ccc7oc8ccc9ccccc9c8c7c6)nc(-c6ccccc6)n5)c4)c3)N2)cc1. The van der Waals surface area contributed by atoms with Crippen LogP contribution in [0.25, 0.3) is 111 Å². The summed E-state index contributed by atoms with van der Waals surface area (Å²) in [6.45, 7) is 0. The summed E-state index contributed by atoms with van der Waals surface area (Å²) in [5, 5.41) is 10.2. The first-order valence-electron chi connectivity index (χ1n) is 24.1. The van der Waals surface area contributed by atoms with Crippen LogP contribution in [0.15, 0.2) is 255 Å². The Kier molecular flexibility index (Phi) is 9.77. The smallest absolute Gasteiger partial charge is 0.163 e. The molecule has 0 fully saturated rings. The molecular weight excluding hydrogens is 883 g/mol. The van der Waals surface area contributed by atoms with Gasteiger partial charge in [-0.2, -0.15) is 0 Å². The average Bonchev–Trinajstić information content (AvgIpc) is 4.05. The van der Waals surface area contributed by atoms with Crippen LogP contribution < -0.4 is 5.32 Å². The predicted molar refractivity (Wildman–Crippen MR) is 293 cm³/mol. The highest BCUT2D eigenvalue weighted by atomic mass is 16.3. The molecule has 0 aliphatic carbocycles. The zero-order valence-electron chi connectivity index (χ0n) is 38.7. The summed E-state index contributed by atoms with van der Waals surface area (Å²) in [6.07, 6.45) is -0.448. The lowest BCUT2D eigenvalue weighted by Crippen LogP contribution is -2.33. The molecule has 13 aromatic rings. The number of fused-ring (bicyclic) bond motifs is 8.